The van der Waals surface area contributed by atoms with Crippen molar-refractivity contribution in [3.8, 4) is 0 Å². The summed E-state index contributed by atoms with van der Waals surface area (Å²) in [6.45, 7) is 7.97. The van der Waals surface area contributed by atoms with Crippen LogP contribution in [0.2, 0.25) is 0 Å². The fourth-order valence-electron chi connectivity index (χ4n) is 1.94. The van der Waals surface area contributed by atoms with Crippen LogP contribution in [-0.2, 0) is 11.3 Å². The minimum absolute atomic E-state index is 0.466. The second-order valence-electron chi connectivity index (χ2n) is 3.95. The van der Waals surface area contributed by atoms with Crippen LogP contribution in [0.5, 0.6) is 0 Å². The van der Waals surface area contributed by atoms with E-state index in [2.05, 4.69) is 35.9 Å². The summed E-state index contributed by atoms with van der Waals surface area (Å²) in [6.07, 6.45) is 0. The molecule has 0 radical (unpaired) electrons. The van der Waals surface area contributed by atoms with Gasteiger partial charge in [0.2, 0.25) is 0 Å². The number of hydrogen-bond donors (Lipinski definition) is 1. The van der Waals surface area contributed by atoms with Crippen LogP contribution in [0.25, 0.3) is 0 Å². The summed E-state index contributed by atoms with van der Waals surface area (Å²) < 4.78 is 7.77. The number of ether oxygens (including phenoxy) is 1. The minimum atomic E-state index is 0.466. The van der Waals surface area contributed by atoms with E-state index < -0.39 is 0 Å². The molecule has 14 heavy (non-hydrogen) atoms. The Balaban J connectivity index is 2.02. The normalized spacial score (nSPS) is 22.6. The van der Waals surface area contributed by atoms with Crippen LogP contribution in [-0.4, -0.2) is 30.4 Å². The predicted molar refractivity (Wildman–Crippen MR) is 56.5 cm³/mol. The van der Waals surface area contributed by atoms with E-state index in [0.717, 1.165) is 26.3 Å². The standard InChI is InChI=1S/C11H18N2O/c1-9-3-4-10(2)13(9)7-11-8-14-6-5-12-11/h3-4,11-12H,5-8H2,1-2H3. The Hall–Kier alpha value is -0.800. The predicted octanol–water partition coefficient (Wildman–Crippen LogP) is 1.09. The van der Waals surface area contributed by atoms with Gasteiger partial charge in [0.1, 0.15) is 0 Å². The van der Waals surface area contributed by atoms with Gasteiger partial charge in [-0.15, -0.1) is 0 Å². The highest BCUT2D eigenvalue weighted by molar-refractivity contribution is 5.13. The van der Waals surface area contributed by atoms with Crippen molar-refractivity contribution < 1.29 is 4.74 Å². The van der Waals surface area contributed by atoms with Gasteiger partial charge >= 0.3 is 0 Å². The lowest BCUT2D eigenvalue weighted by Crippen LogP contribution is -2.44. The van der Waals surface area contributed by atoms with E-state index in [4.69, 9.17) is 4.74 Å². The average molecular weight is 194 g/mol. The maximum atomic E-state index is 5.43. The molecule has 1 unspecified atom stereocenters. The Morgan fingerprint density at radius 1 is 1.43 bits per heavy atom. The van der Waals surface area contributed by atoms with E-state index in [1.165, 1.54) is 11.4 Å². The number of rotatable bonds is 2. The molecule has 1 saturated heterocycles. The maximum Gasteiger partial charge on any atom is 0.0637 e. The summed E-state index contributed by atoms with van der Waals surface area (Å²) in [5.41, 5.74) is 2.66. The molecule has 3 heteroatoms. The third kappa shape index (κ3) is 1.99. The summed E-state index contributed by atoms with van der Waals surface area (Å²) >= 11 is 0. The quantitative estimate of drug-likeness (QED) is 0.763. The lowest BCUT2D eigenvalue weighted by molar-refractivity contribution is 0.0711. The molecule has 0 spiro atoms. The molecule has 1 atom stereocenters. The van der Waals surface area contributed by atoms with E-state index in [1.54, 1.807) is 0 Å². The van der Waals surface area contributed by atoms with Crippen LogP contribution < -0.4 is 5.32 Å². The number of hydrogen-bond acceptors (Lipinski definition) is 2. The van der Waals surface area contributed by atoms with Crippen molar-refractivity contribution in [3.63, 3.8) is 0 Å². The molecular weight excluding hydrogens is 176 g/mol. The highest BCUT2D eigenvalue weighted by Gasteiger charge is 2.14. The van der Waals surface area contributed by atoms with Gasteiger partial charge in [-0.25, -0.2) is 0 Å². The highest BCUT2D eigenvalue weighted by atomic mass is 16.5. The molecule has 1 aromatic heterocycles. The van der Waals surface area contributed by atoms with E-state index >= 15 is 0 Å². The molecule has 3 nitrogen and oxygen atoms in total. The first-order chi connectivity index (χ1) is 6.77. The number of aromatic nitrogens is 1. The molecule has 0 aromatic carbocycles. The van der Waals surface area contributed by atoms with Crippen molar-refractivity contribution in [1.29, 1.82) is 0 Å². The van der Waals surface area contributed by atoms with Gasteiger partial charge in [0, 0.05) is 30.5 Å². The lowest BCUT2D eigenvalue weighted by atomic mass is 10.2. The first-order valence-electron chi connectivity index (χ1n) is 5.21. The zero-order chi connectivity index (χ0) is 9.97. The van der Waals surface area contributed by atoms with Crippen molar-refractivity contribution >= 4 is 0 Å². The SMILES string of the molecule is Cc1ccc(C)n1CC1COCCN1. The van der Waals surface area contributed by atoms with Crippen LogP contribution in [0.4, 0.5) is 0 Å². The van der Waals surface area contributed by atoms with E-state index in [9.17, 15) is 0 Å². The van der Waals surface area contributed by atoms with E-state index in [-0.39, 0.29) is 0 Å². The Morgan fingerprint density at radius 3 is 2.71 bits per heavy atom. The molecular formula is C11H18N2O. The van der Waals surface area contributed by atoms with E-state index in [0.29, 0.717) is 6.04 Å². The van der Waals surface area contributed by atoms with Gasteiger partial charge in [0.05, 0.1) is 13.2 Å². The zero-order valence-corrected chi connectivity index (χ0v) is 8.92. The summed E-state index contributed by atoms with van der Waals surface area (Å²) in [5, 5.41) is 3.47. The number of nitrogens with zero attached hydrogens (tertiary/aromatic N) is 1. The number of aryl methyl sites for hydroxylation is 2. The highest BCUT2D eigenvalue weighted by Crippen LogP contribution is 2.09. The Labute approximate surface area is 85.1 Å². The fourth-order valence-corrected chi connectivity index (χ4v) is 1.94. The van der Waals surface area contributed by atoms with Crippen LogP contribution >= 0.6 is 0 Å². The fraction of sp³-hybridized carbons (Fsp3) is 0.636. The first-order valence-corrected chi connectivity index (χ1v) is 5.21. The summed E-state index contributed by atoms with van der Waals surface area (Å²) in [4.78, 5) is 0. The van der Waals surface area contributed by atoms with Crippen molar-refractivity contribution in [2.24, 2.45) is 0 Å². The third-order valence-corrected chi connectivity index (χ3v) is 2.82. The first kappa shape index (κ1) is 9.74. The van der Waals surface area contributed by atoms with Gasteiger partial charge in [-0.05, 0) is 26.0 Å². The largest absolute Gasteiger partial charge is 0.378 e. The molecule has 2 heterocycles. The lowest BCUT2D eigenvalue weighted by Gasteiger charge is -2.25. The smallest absolute Gasteiger partial charge is 0.0637 e. The molecule has 0 saturated carbocycles. The van der Waals surface area contributed by atoms with Gasteiger partial charge < -0.3 is 14.6 Å². The molecule has 1 fully saturated rings. The Morgan fingerprint density at radius 2 is 2.14 bits per heavy atom. The molecule has 1 aliphatic rings. The second-order valence-corrected chi connectivity index (χ2v) is 3.95. The topological polar surface area (TPSA) is 26.2 Å². The molecule has 0 aliphatic carbocycles. The van der Waals surface area contributed by atoms with Gasteiger partial charge in [0.25, 0.3) is 0 Å². The number of morpholine rings is 1. The monoisotopic (exact) mass is 194 g/mol. The summed E-state index contributed by atoms with van der Waals surface area (Å²) in [7, 11) is 0. The maximum absolute atomic E-state index is 5.43. The van der Waals surface area contributed by atoms with Gasteiger partial charge in [0.15, 0.2) is 0 Å². The average Bonchev–Trinajstić information content (AvgIpc) is 2.51. The van der Waals surface area contributed by atoms with Crippen LogP contribution in [0.15, 0.2) is 12.1 Å². The van der Waals surface area contributed by atoms with Crippen LogP contribution in [0.1, 0.15) is 11.4 Å². The zero-order valence-electron chi connectivity index (χ0n) is 8.92. The summed E-state index contributed by atoms with van der Waals surface area (Å²) in [6, 6.07) is 4.80. The molecule has 1 N–H and O–H groups in total. The molecule has 1 aliphatic heterocycles. The molecule has 0 amide bonds. The molecule has 1 aromatic rings. The van der Waals surface area contributed by atoms with Gasteiger partial charge in [-0.3, -0.25) is 0 Å². The molecule has 78 valence electrons. The third-order valence-electron chi connectivity index (χ3n) is 2.82. The van der Waals surface area contributed by atoms with Crippen molar-refractivity contribution in [2.45, 2.75) is 26.4 Å². The van der Waals surface area contributed by atoms with E-state index in [1.807, 2.05) is 0 Å². The van der Waals surface area contributed by atoms with Gasteiger partial charge in [-0.2, -0.15) is 0 Å². The van der Waals surface area contributed by atoms with Crippen LogP contribution in [0, 0.1) is 13.8 Å². The Kier molecular flexibility index (Phi) is 2.89. The van der Waals surface area contributed by atoms with Crippen molar-refractivity contribution in [2.75, 3.05) is 19.8 Å². The van der Waals surface area contributed by atoms with Crippen LogP contribution in [0.3, 0.4) is 0 Å². The van der Waals surface area contributed by atoms with Gasteiger partial charge in [-0.1, -0.05) is 0 Å². The molecule has 0 bridgehead atoms. The minimum Gasteiger partial charge on any atom is -0.378 e. The number of nitrogens with one attached hydrogen (secondary N) is 1. The Bertz CT molecular complexity index is 281. The summed E-state index contributed by atoms with van der Waals surface area (Å²) in [5.74, 6) is 0. The van der Waals surface area contributed by atoms with Crippen molar-refractivity contribution in [3.05, 3.63) is 23.5 Å². The van der Waals surface area contributed by atoms with Crippen molar-refractivity contribution in [1.82, 2.24) is 9.88 Å². The second kappa shape index (κ2) is 4.15. The molecule has 2 rings (SSSR count).